The van der Waals surface area contributed by atoms with Gasteiger partial charge in [-0.2, -0.15) is 0 Å². The van der Waals surface area contributed by atoms with Crippen LogP contribution >= 0.6 is 0 Å². The monoisotopic (exact) mass is 380 g/mol. The van der Waals surface area contributed by atoms with E-state index < -0.39 is 5.91 Å². The first-order chi connectivity index (χ1) is 13.6. The predicted octanol–water partition coefficient (Wildman–Crippen LogP) is 2.88. The van der Waals surface area contributed by atoms with Gasteiger partial charge >= 0.3 is 5.97 Å². The van der Waals surface area contributed by atoms with E-state index in [0.717, 1.165) is 11.1 Å². The van der Waals surface area contributed by atoms with E-state index in [0.29, 0.717) is 23.8 Å². The van der Waals surface area contributed by atoms with Crippen LogP contribution in [0.5, 0.6) is 5.75 Å². The average molecular weight is 380 g/mol. The highest BCUT2D eigenvalue weighted by molar-refractivity contribution is 5.75. The fourth-order valence-electron chi connectivity index (χ4n) is 2.49. The molecule has 7 heteroatoms. The van der Waals surface area contributed by atoms with Crippen LogP contribution in [0.1, 0.15) is 17.9 Å². The van der Waals surface area contributed by atoms with Gasteiger partial charge in [0, 0.05) is 12.0 Å². The van der Waals surface area contributed by atoms with Crippen LogP contribution in [0.4, 0.5) is 0 Å². The fraction of sp³-hybridized carbons (Fsp3) is 0.190. The van der Waals surface area contributed by atoms with Crippen molar-refractivity contribution in [3.05, 3.63) is 72.2 Å². The Labute approximate surface area is 162 Å². The molecule has 0 bridgehead atoms. The zero-order chi connectivity index (χ0) is 19.8. The molecule has 2 N–H and O–H groups in total. The summed E-state index contributed by atoms with van der Waals surface area (Å²) in [4.78, 5) is 26.9. The number of amides is 1. The molecule has 0 saturated carbocycles. The molecule has 144 valence electrons. The van der Waals surface area contributed by atoms with E-state index in [4.69, 9.17) is 19.6 Å². The number of carbonyl (C=O) groups excluding carboxylic acids is 2. The van der Waals surface area contributed by atoms with Crippen molar-refractivity contribution in [2.45, 2.75) is 19.4 Å². The first kappa shape index (κ1) is 19.2. The van der Waals surface area contributed by atoms with Gasteiger partial charge in [0.2, 0.25) is 0 Å². The van der Waals surface area contributed by atoms with Crippen molar-refractivity contribution in [1.82, 2.24) is 4.98 Å². The van der Waals surface area contributed by atoms with Crippen LogP contribution in [0, 0.1) is 0 Å². The van der Waals surface area contributed by atoms with Gasteiger partial charge < -0.3 is 19.6 Å². The number of aryl methyl sites for hydroxylation is 1. The van der Waals surface area contributed by atoms with E-state index in [1.165, 1.54) is 0 Å². The number of rotatable bonds is 9. The second kappa shape index (κ2) is 9.36. The molecule has 0 atom stereocenters. The standard InChI is InChI=1S/C21H20N2O5/c22-19(24)14-26-17-8-4-5-15(11-17)13-27-21(25)10-9-20-23-12-18(28-20)16-6-2-1-3-7-16/h1-8,11-12H,9-10,13-14H2,(H2,22,24). The second-order valence-electron chi connectivity index (χ2n) is 6.05. The number of primary amides is 1. The minimum absolute atomic E-state index is 0.105. The van der Waals surface area contributed by atoms with Gasteiger partial charge in [0.1, 0.15) is 12.4 Å². The summed E-state index contributed by atoms with van der Waals surface area (Å²) in [5, 5.41) is 0. The van der Waals surface area contributed by atoms with E-state index in [1.807, 2.05) is 30.3 Å². The Kier molecular flexibility index (Phi) is 6.41. The Balaban J connectivity index is 1.46. The van der Waals surface area contributed by atoms with Crippen LogP contribution in [0.2, 0.25) is 0 Å². The van der Waals surface area contributed by atoms with Crippen molar-refractivity contribution in [3.8, 4) is 17.1 Å². The third kappa shape index (κ3) is 5.70. The minimum atomic E-state index is -0.557. The molecule has 0 spiro atoms. The Bertz CT molecular complexity index is 937. The number of nitrogens with zero attached hydrogens (tertiary/aromatic N) is 1. The molecule has 1 heterocycles. The third-order valence-electron chi connectivity index (χ3n) is 3.83. The summed E-state index contributed by atoms with van der Waals surface area (Å²) in [5.41, 5.74) is 6.73. The highest BCUT2D eigenvalue weighted by atomic mass is 16.5. The maximum Gasteiger partial charge on any atom is 0.306 e. The SMILES string of the molecule is NC(=O)COc1cccc(COC(=O)CCc2ncc(-c3ccccc3)o2)c1. The Morgan fingerprint density at radius 3 is 2.68 bits per heavy atom. The lowest BCUT2D eigenvalue weighted by Crippen LogP contribution is -2.20. The number of benzene rings is 2. The number of hydrogen-bond donors (Lipinski definition) is 1. The topological polar surface area (TPSA) is 105 Å². The predicted molar refractivity (Wildman–Crippen MR) is 101 cm³/mol. The van der Waals surface area contributed by atoms with Gasteiger partial charge in [-0.3, -0.25) is 9.59 Å². The number of oxazole rings is 1. The highest BCUT2D eigenvalue weighted by Gasteiger charge is 2.10. The largest absolute Gasteiger partial charge is 0.484 e. The van der Waals surface area contributed by atoms with Crippen molar-refractivity contribution in [2.75, 3.05) is 6.61 Å². The Morgan fingerprint density at radius 2 is 1.89 bits per heavy atom. The molecule has 0 unspecified atom stereocenters. The quantitative estimate of drug-likeness (QED) is 0.572. The molecular formula is C21H20N2O5. The van der Waals surface area contributed by atoms with E-state index in [9.17, 15) is 9.59 Å². The van der Waals surface area contributed by atoms with Gasteiger partial charge in [-0.15, -0.1) is 0 Å². The number of nitrogens with two attached hydrogens (primary N) is 1. The number of hydrogen-bond acceptors (Lipinski definition) is 6. The maximum atomic E-state index is 12.0. The Morgan fingerprint density at radius 1 is 1.07 bits per heavy atom. The van der Waals surface area contributed by atoms with Crippen LogP contribution in [0.25, 0.3) is 11.3 Å². The van der Waals surface area contributed by atoms with Crippen molar-refractivity contribution in [2.24, 2.45) is 5.73 Å². The first-order valence-corrected chi connectivity index (χ1v) is 8.76. The zero-order valence-electron chi connectivity index (χ0n) is 15.2. The van der Waals surface area contributed by atoms with Crippen molar-refractivity contribution in [1.29, 1.82) is 0 Å². The summed E-state index contributed by atoms with van der Waals surface area (Å²) in [6.45, 7) is -0.0994. The summed E-state index contributed by atoms with van der Waals surface area (Å²) < 4.78 is 16.2. The molecule has 0 saturated heterocycles. The van der Waals surface area contributed by atoms with Gasteiger partial charge in [0.15, 0.2) is 18.3 Å². The molecule has 1 amide bonds. The third-order valence-corrected chi connectivity index (χ3v) is 3.83. The van der Waals surface area contributed by atoms with Gasteiger partial charge in [0.05, 0.1) is 12.6 Å². The molecule has 1 aromatic heterocycles. The van der Waals surface area contributed by atoms with Crippen LogP contribution in [0.15, 0.2) is 65.2 Å². The van der Waals surface area contributed by atoms with Crippen LogP contribution in [-0.2, 0) is 27.4 Å². The summed E-state index contributed by atoms with van der Waals surface area (Å²) in [6, 6.07) is 16.6. The molecule has 3 aromatic rings. The normalized spacial score (nSPS) is 10.4. The maximum absolute atomic E-state index is 12.0. The minimum Gasteiger partial charge on any atom is -0.484 e. The lowest BCUT2D eigenvalue weighted by atomic mass is 10.2. The summed E-state index contributed by atoms with van der Waals surface area (Å²) >= 11 is 0. The number of aromatic nitrogens is 1. The van der Waals surface area contributed by atoms with Gasteiger partial charge in [-0.05, 0) is 17.7 Å². The smallest absolute Gasteiger partial charge is 0.306 e. The molecule has 0 fully saturated rings. The van der Waals surface area contributed by atoms with Crippen molar-refractivity contribution in [3.63, 3.8) is 0 Å². The molecule has 0 aliphatic rings. The summed E-state index contributed by atoms with van der Waals surface area (Å²) in [5.74, 6) is 0.719. The molecule has 0 aliphatic heterocycles. The highest BCUT2D eigenvalue weighted by Crippen LogP contribution is 2.20. The van der Waals surface area contributed by atoms with Crippen molar-refractivity contribution >= 4 is 11.9 Å². The number of esters is 1. The van der Waals surface area contributed by atoms with E-state index >= 15 is 0 Å². The lowest BCUT2D eigenvalue weighted by Gasteiger charge is -2.07. The molecule has 7 nitrogen and oxygen atoms in total. The lowest BCUT2D eigenvalue weighted by molar-refractivity contribution is -0.145. The number of carbonyl (C=O) groups is 2. The van der Waals surface area contributed by atoms with Crippen LogP contribution in [-0.4, -0.2) is 23.5 Å². The molecular weight excluding hydrogens is 360 g/mol. The average Bonchev–Trinajstić information content (AvgIpc) is 3.19. The molecule has 2 aromatic carbocycles. The second-order valence-corrected chi connectivity index (χ2v) is 6.05. The van der Waals surface area contributed by atoms with E-state index in [1.54, 1.807) is 30.5 Å². The van der Waals surface area contributed by atoms with Crippen LogP contribution < -0.4 is 10.5 Å². The molecule has 0 radical (unpaired) electrons. The molecule has 0 aliphatic carbocycles. The van der Waals surface area contributed by atoms with E-state index in [2.05, 4.69) is 4.98 Å². The molecule has 3 rings (SSSR count). The van der Waals surface area contributed by atoms with Crippen molar-refractivity contribution < 1.29 is 23.5 Å². The Hall–Kier alpha value is -3.61. The summed E-state index contributed by atoms with van der Waals surface area (Å²) in [6.07, 6.45) is 2.16. The van der Waals surface area contributed by atoms with Gasteiger partial charge in [0.25, 0.3) is 5.91 Å². The first-order valence-electron chi connectivity index (χ1n) is 8.76. The summed E-state index contributed by atoms with van der Waals surface area (Å²) in [7, 11) is 0. The van der Waals surface area contributed by atoms with Gasteiger partial charge in [-0.25, -0.2) is 4.98 Å². The number of ether oxygens (including phenoxy) is 2. The fourth-order valence-corrected chi connectivity index (χ4v) is 2.49. The van der Waals surface area contributed by atoms with Crippen LogP contribution in [0.3, 0.4) is 0 Å². The zero-order valence-corrected chi connectivity index (χ0v) is 15.2. The molecule has 28 heavy (non-hydrogen) atoms. The van der Waals surface area contributed by atoms with Gasteiger partial charge in [-0.1, -0.05) is 42.5 Å². The van der Waals surface area contributed by atoms with E-state index in [-0.39, 0.29) is 25.6 Å².